The highest BCUT2D eigenvalue weighted by Crippen LogP contribution is 2.30. The number of benzene rings is 2. The monoisotopic (exact) mass is 474 g/mol. The Morgan fingerprint density at radius 3 is 2.03 bits per heavy atom. The van der Waals surface area contributed by atoms with Crippen molar-refractivity contribution in [2.24, 2.45) is 0 Å². The Balaban J connectivity index is 2.26. The summed E-state index contributed by atoms with van der Waals surface area (Å²) in [6.07, 6.45) is 3.65. The molecule has 35 heavy (non-hydrogen) atoms. The Kier molecular flexibility index (Phi) is 10.6. The summed E-state index contributed by atoms with van der Waals surface area (Å²) < 4.78 is 21.4. The lowest BCUT2D eigenvalue weighted by Crippen LogP contribution is -2.11. The summed E-state index contributed by atoms with van der Waals surface area (Å²) in [5, 5.41) is 18.7. The van der Waals surface area contributed by atoms with Crippen molar-refractivity contribution < 1.29 is 28.5 Å². The van der Waals surface area contributed by atoms with Gasteiger partial charge in [0.1, 0.15) is 29.0 Å². The van der Waals surface area contributed by atoms with Crippen molar-refractivity contribution in [1.29, 1.82) is 10.5 Å². The summed E-state index contributed by atoms with van der Waals surface area (Å²) in [5.41, 5.74) is 0.725. The molecule has 0 spiro atoms. The number of esters is 2. The molecule has 0 N–H and O–H groups in total. The fraction of sp³-hybridized carbons (Fsp3) is 0.259. The number of nitrogens with zero attached hydrogens (tertiary/aromatic N) is 2. The third-order valence-corrected chi connectivity index (χ3v) is 4.40. The van der Waals surface area contributed by atoms with E-state index in [-0.39, 0.29) is 35.9 Å². The van der Waals surface area contributed by atoms with Crippen LogP contribution < -0.4 is 14.2 Å². The summed E-state index contributed by atoms with van der Waals surface area (Å²) in [5.74, 6) is -0.592. The van der Waals surface area contributed by atoms with E-state index < -0.39 is 11.9 Å². The highest BCUT2D eigenvalue weighted by molar-refractivity contribution is 5.99. The number of hydrogen-bond donors (Lipinski definition) is 0. The van der Waals surface area contributed by atoms with Gasteiger partial charge in [-0.05, 0) is 67.8 Å². The Morgan fingerprint density at radius 1 is 0.800 bits per heavy atom. The molecule has 2 aromatic rings. The summed E-state index contributed by atoms with van der Waals surface area (Å²) in [6, 6.07) is 15.2. The zero-order valence-corrected chi connectivity index (χ0v) is 19.9. The second-order valence-corrected chi connectivity index (χ2v) is 7.01. The van der Waals surface area contributed by atoms with Crippen LogP contribution >= 0.6 is 0 Å². The van der Waals surface area contributed by atoms with Crippen molar-refractivity contribution in [2.45, 2.75) is 27.2 Å². The summed E-state index contributed by atoms with van der Waals surface area (Å²) >= 11 is 0. The van der Waals surface area contributed by atoms with Crippen LogP contribution in [0.5, 0.6) is 17.2 Å². The Morgan fingerprint density at radius 2 is 1.43 bits per heavy atom. The molecule has 0 unspecified atom stereocenters. The molecule has 0 saturated heterocycles. The van der Waals surface area contributed by atoms with Crippen LogP contribution in [0.1, 0.15) is 38.3 Å². The maximum atomic E-state index is 12.7. The maximum Gasteiger partial charge on any atom is 0.354 e. The van der Waals surface area contributed by atoms with E-state index in [2.05, 4.69) is 0 Å². The van der Waals surface area contributed by atoms with Gasteiger partial charge >= 0.3 is 11.9 Å². The molecule has 0 atom stereocenters. The number of nitriles is 2. The fourth-order valence-electron chi connectivity index (χ4n) is 2.82. The zero-order valence-electron chi connectivity index (χ0n) is 19.9. The third-order valence-electron chi connectivity index (χ3n) is 4.40. The van der Waals surface area contributed by atoms with Gasteiger partial charge in [0.2, 0.25) is 0 Å². The largest absolute Gasteiger partial charge is 0.494 e. The molecule has 0 amide bonds. The average Bonchev–Trinajstić information content (AvgIpc) is 2.86. The van der Waals surface area contributed by atoms with Crippen molar-refractivity contribution >= 4 is 24.1 Å². The van der Waals surface area contributed by atoms with E-state index in [1.165, 1.54) is 24.3 Å². The van der Waals surface area contributed by atoms with E-state index >= 15 is 0 Å². The molecule has 2 aromatic carbocycles. The van der Waals surface area contributed by atoms with E-state index in [0.717, 1.165) is 6.42 Å². The smallest absolute Gasteiger partial charge is 0.354 e. The van der Waals surface area contributed by atoms with Crippen LogP contribution in [0.2, 0.25) is 0 Å². The minimum atomic E-state index is -0.854. The van der Waals surface area contributed by atoms with Crippen molar-refractivity contribution in [3.63, 3.8) is 0 Å². The molecule has 0 radical (unpaired) electrons. The van der Waals surface area contributed by atoms with Crippen LogP contribution in [-0.4, -0.2) is 31.8 Å². The Labute approximate surface area is 204 Å². The quantitative estimate of drug-likeness (QED) is 0.196. The van der Waals surface area contributed by atoms with E-state index in [1.54, 1.807) is 50.2 Å². The highest BCUT2D eigenvalue weighted by Gasteiger charge is 2.17. The Bertz CT molecular complexity index is 1180. The maximum absolute atomic E-state index is 12.7. The first-order valence-corrected chi connectivity index (χ1v) is 11.1. The van der Waals surface area contributed by atoms with E-state index in [1.807, 2.05) is 13.0 Å². The first-order valence-electron chi connectivity index (χ1n) is 11.1. The van der Waals surface area contributed by atoms with Gasteiger partial charge in [-0.25, -0.2) is 9.59 Å². The predicted molar refractivity (Wildman–Crippen MR) is 129 cm³/mol. The van der Waals surface area contributed by atoms with Gasteiger partial charge in [0.25, 0.3) is 0 Å². The SMILES string of the molecule is CCCOc1ccc(/C=C(\C#N)C(=O)Oc2ccc(/C=C(\C#N)C(=O)OCC)cc2OCC)cc1. The molecule has 0 aromatic heterocycles. The molecule has 8 nitrogen and oxygen atoms in total. The molecule has 0 bridgehead atoms. The molecule has 0 aliphatic carbocycles. The molecule has 0 heterocycles. The number of rotatable bonds is 11. The second kappa shape index (κ2) is 13.9. The van der Waals surface area contributed by atoms with Crippen LogP contribution in [-0.2, 0) is 14.3 Å². The average molecular weight is 475 g/mol. The van der Waals surface area contributed by atoms with Gasteiger partial charge in [-0.2, -0.15) is 10.5 Å². The van der Waals surface area contributed by atoms with Crippen LogP contribution in [0.25, 0.3) is 12.2 Å². The molecular formula is C27H26N2O6. The van der Waals surface area contributed by atoms with E-state index in [0.29, 0.717) is 23.5 Å². The van der Waals surface area contributed by atoms with Crippen LogP contribution in [0.4, 0.5) is 0 Å². The molecule has 0 aliphatic rings. The zero-order chi connectivity index (χ0) is 25.6. The molecule has 2 rings (SSSR count). The molecule has 180 valence electrons. The summed E-state index contributed by atoms with van der Waals surface area (Å²) in [6.45, 7) is 6.42. The molecule has 0 aliphatic heterocycles. The minimum absolute atomic E-state index is 0.0908. The van der Waals surface area contributed by atoms with Crippen LogP contribution in [0.15, 0.2) is 53.6 Å². The van der Waals surface area contributed by atoms with E-state index in [9.17, 15) is 20.1 Å². The van der Waals surface area contributed by atoms with Gasteiger partial charge in [-0.3, -0.25) is 0 Å². The molecule has 0 fully saturated rings. The van der Waals surface area contributed by atoms with Gasteiger partial charge in [0.05, 0.1) is 19.8 Å². The first-order chi connectivity index (χ1) is 16.9. The number of carbonyl (C=O) groups is 2. The van der Waals surface area contributed by atoms with Crippen molar-refractivity contribution in [3.05, 3.63) is 64.7 Å². The van der Waals surface area contributed by atoms with Crippen molar-refractivity contribution in [3.8, 4) is 29.4 Å². The standard InChI is InChI=1S/C27H26N2O6/c1-4-13-34-23-10-7-19(8-11-23)14-22(18-29)27(31)35-24-12-9-20(16-25(24)32-5-2)15-21(17-28)26(30)33-6-3/h7-12,14-16H,4-6,13H2,1-3H3/b21-15+,22-14+. The predicted octanol–water partition coefficient (Wildman–Crippen LogP) is 4.86. The molecule has 0 saturated carbocycles. The van der Waals surface area contributed by atoms with Gasteiger partial charge in [0.15, 0.2) is 11.5 Å². The highest BCUT2D eigenvalue weighted by atomic mass is 16.6. The van der Waals surface area contributed by atoms with Crippen molar-refractivity contribution in [1.82, 2.24) is 0 Å². The van der Waals surface area contributed by atoms with Gasteiger partial charge < -0.3 is 18.9 Å². The van der Waals surface area contributed by atoms with Gasteiger partial charge in [-0.15, -0.1) is 0 Å². The fourth-order valence-corrected chi connectivity index (χ4v) is 2.82. The third kappa shape index (κ3) is 8.06. The van der Waals surface area contributed by atoms with Gasteiger partial charge in [0, 0.05) is 0 Å². The number of hydrogen-bond acceptors (Lipinski definition) is 8. The van der Waals surface area contributed by atoms with E-state index in [4.69, 9.17) is 18.9 Å². The van der Waals surface area contributed by atoms with Crippen LogP contribution in [0.3, 0.4) is 0 Å². The lowest BCUT2D eigenvalue weighted by molar-refractivity contribution is -0.138. The van der Waals surface area contributed by atoms with Gasteiger partial charge in [-0.1, -0.05) is 25.1 Å². The minimum Gasteiger partial charge on any atom is -0.494 e. The van der Waals surface area contributed by atoms with Crippen LogP contribution in [0, 0.1) is 22.7 Å². The van der Waals surface area contributed by atoms with Crippen molar-refractivity contribution in [2.75, 3.05) is 19.8 Å². The normalized spacial score (nSPS) is 11.1. The lowest BCUT2D eigenvalue weighted by Gasteiger charge is -2.11. The topological polar surface area (TPSA) is 119 Å². The lowest BCUT2D eigenvalue weighted by atomic mass is 10.1. The summed E-state index contributed by atoms with van der Waals surface area (Å²) in [4.78, 5) is 24.5. The number of ether oxygens (including phenoxy) is 4. The second-order valence-electron chi connectivity index (χ2n) is 7.01. The molecular weight excluding hydrogens is 448 g/mol. The number of carbonyl (C=O) groups excluding carboxylic acids is 2. The molecule has 8 heteroatoms. The summed E-state index contributed by atoms with van der Waals surface area (Å²) in [7, 11) is 0. The first kappa shape index (κ1) is 26.7. The Hall–Kier alpha value is -4.56.